The first-order valence-electron chi connectivity index (χ1n) is 49.7. The molecule has 36 nitrogen and oxygen atoms in total. The maximum Gasteiger partial charge on any atom is 0.351 e. The van der Waals surface area contributed by atoms with E-state index in [9.17, 15) is 28.8 Å². The number of nitrogens with zero attached hydrogens (tertiary/aromatic N) is 18. The van der Waals surface area contributed by atoms with Crippen molar-refractivity contribution in [2.75, 3.05) is 189 Å². The molecule has 12 heterocycles. The summed E-state index contributed by atoms with van der Waals surface area (Å²) in [6.07, 6.45) is 17.0. The van der Waals surface area contributed by atoms with Crippen LogP contribution >= 0.6 is 70.6 Å². The molecule has 6 aliphatic heterocycles. The molecule has 42 heteroatoms. The maximum atomic E-state index is 12.4. The van der Waals surface area contributed by atoms with Crippen LogP contribution in [0, 0.1) is 0 Å². The average Bonchev–Trinajstić information content (AvgIpc) is 1.27. The van der Waals surface area contributed by atoms with Crippen LogP contribution in [0.15, 0.2) is 102 Å². The normalized spacial score (nSPS) is 21.0. The molecule has 0 N–H and O–H groups in total. The number of thioether (sulfide) groups is 6. The Kier molecular flexibility index (Phi) is 55.4. The molecule has 6 aliphatic rings. The summed E-state index contributed by atoms with van der Waals surface area (Å²) in [5.74, 6) is 8.83. The summed E-state index contributed by atoms with van der Waals surface area (Å²) in [6, 6.07) is 12.3. The lowest BCUT2D eigenvalue weighted by Crippen LogP contribution is -2.39. The molecule has 0 aliphatic carbocycles. The Morgan fingerprint density at radius 3 is 0.833 bits per heavy atom. The molecule has 12 rings (SSSR count). The zero-order valence-electron chi connectivity index (χ0n) is 86.2. The molecule has 6 aromatic rings. The predicted octanol–water partition coefficient (Wildman–Crippen LogP) is 15.0. The van der Waals surface area contributed by atoms with Crippen LogP contribution < -0.4 is 63.5 Å². The van der Waals surface area contributed by atoms with E-state index in [4.69, 9.17) is 56.8 Å². The quantitative estimate of drug-likeness (QED) is 0.0320. The molecule has 0 radical (unpaired) electrons. The fourth-order valence-corrected chi connectivity index (χ4v) is 21.3. The third kappa shape index (κ3) is 38.3. The molecule has 6 saturated heterocycles. The van der Waals surface area contributed by atoms with Crippen molar-refractivity contribution in [2.24, 2.45) is 0 Å². The number of aromatic nitrogens is 12. The van der Waals surface area contributed by atoms with Gasteiger partial charge in [0.2, 0.25) is 0 Å². The van der Waals surface area contributed by atoms with Gasteiger partial charge < -0.3 is 86.2 Å². The summed E-state index contributed by atoms with van der Waals surface area (Å²) in [4.78, 5) is 112. The van der Waals surface area contributed by atoms with Gasteiger partial charge >= 0.3 is 34.1 Å². The SMILES string of the molecule is CCCCN(CC)c1ccn([C@H]2CS[C@@H](COCC)O2)c(=O)n1.CCCCOC[C@H]1O[C@@H](n2ccc(N(CC)CC)nc2=O)CS1.CCCN(CC)c1ccn([C@H]2CS[C@@H](COC(C)C)O2)c(=O)n1.CCCN(CCC)c1ccn([C@H]2CS[C@@H](COCC)O2)c(=O)n1.CCN(c1ccn([C@H]2CS[C@@H](COC(C)C)O2)c(=O)n1)C(C)C.CCOC[C@H]1O[C@@H](n2ccc(N(C(C)C)C(C)C)nc2=O)CS1. The molecule has 0 aromatic carbocycles. The van der Waals surface area contributed by atoms with Crippen LogP contribution in [0.2, 0.25) is 0 Å². The number of rotatable bonds is 49. The topological polar surface area (TPSA) is 340 Å². The highest BCUT2D eigenvalue weighted by molar-refractivity contribution is 8.01. The van der Waals surface area contributed by atoms with Gasteiger partial charge in [-0.1, -0.05) is 47.5 Å². The first-order valence-corrected chi connectivity index (χ1v) is 56.0. The van der Waals surface area contributed by atoms with Crippen LogP contribution in [0.3, 0.4) is 0 Å². The molecule has 12 atom stereocenters. The van der Waals surface area contributed by atoms with Gasteiger partial charge in [0, 0.05) is 175 Å². The smallest absolute Gasteiger partial charge is 0.351 e. The third-order valence-corrected chi connectivity index (χ3v) is 28.9. The first-order chi connectivity index (χ1) is 66.5. The van der Waals surface area contributed by atoms with Crippen LogP contribution in [0.4, 0.5) is 34.9 Å². The van der Waals surface area contributed by atoms with E-state index in [1.54, 1.807) is 135 Å². The summed E-state index contributed by atoms with van der Waals surface area (Å²) >= 11 is 10.1. The number of unbranched alkanes of at least 4 members (excludes halogenated alkanes) is 2. The van der Waals surface area contributed by atoms with Crippen molar-refractivity contribution >= 4 is 105 Å². The second-order valence-electron chi connectivity index (χ2n) is 34.3. The third-order valence-electron chi connectivity index (χ3n) is 22.3. The lowest BCUT2D eigenvalue weighted by atomic mass is 10.2. The highest BCUT2D eigenvalue weighted by Crippen LogP contribution is 2.37. The Balaban J connectivity index is 0.000000225. The molecular formula is C96H162N18O18S6. The lowest BCUT2D eigenvalue weighted by molar-refractivity contribution is -0.0377. The van der Waals surface area contributed by atoms with Gasteiger partial charge in [0.05, 0.1) is 51.8 Å². The van der Waals surface area contributed by atoms with Crippen LogP contribution in [0.25, 0.3) is 0 Å². The minimum atomic E-state index is -0.274. The Labute approximate surface area is 844 Å². The van der Waals surface area contributed by atoms with Gasteiger partial charge in [0.25, 0.3) is 0 Å². The van der Waals surface area contributed by atoms with E-state index in [-0.39, 0.29) is 128 Å². The van der Waals surface area contributed by atoms with Gasteiger partial charge in [-0.3, -0.25) is 27.4 Å². The van der Waals surface area contributed by atoms with Crippen molar-refractivity contribution in [1.82, 2.24) is 57.3 Å². The highest BCUT2D eigenvalue weighted by Gasteiger charge is 2.36. The molecule has 0 unspecified atom stereocenters. The molecule has 780 valence electrons. The fourth-order valence-electron chi connectivity index (χ4n) is 15.2. The number of ether oxygens (including phenoxy) is 12. The summed E-state index contributed by atoms with van der Waals surface area (Å²) < 4.78 is 77.7. The van der Waals surface area contributed by atoms with Crippen molar-refractivity contribution in [2.45, 2.75) is 305 Å². The monoisotopic (exact) mass is 2050 g/mol. The van der Waals surface area contributed by atoms with Gasteiger partial charge in [-0.2, -0.15) is 29.9 Å². The molecule has 6 aromatic heterocycles. The van der Waals surface area contributed by atoms with E-state index in [1.807, 2.05) is 84.9 Å². The largest absolute Gasteiger partial charge is 0.378 e. The van der Waals surface area contributed by atoms with Gasteiger partial charge in [-0.15, -0.1) is 70.6 Å². The maximum absolute atomic E-state index is 12.4. The van der Waals surface area contributed by atoms with E-state index in [0.717, 1.165) is 168 Å². The molecule has 138 heavy (non-hydrogen) atoms. The van der Waals surface area contributed by atoms with Gasteiger partial charge in [-0.25, -0.2) is 28.8 Å². The van der Waals surface area contributed by atoms with E-state index in [2.05, 4.69) is 170 Å². The Hall–Kier alpha value is -6.30. The zero-order chi connectivity index (χ0) is 101. The standard InChI is InChI=1S/6C16H27N3O3S/c1-6-21-9-15-22-14(10-23-15)18-8-7-13(17-16(18)20)19(11(2)3)12(4)5;1-6-18(11(2)3)13-7-8-19(16(20)17-13)14-10-23-15(22-14)9-21-12(4)5;1-5-8-18(6-2)13-7-9-19(16(20)17-13)14-11-23-15(22-14)10-21-12(3)4;1-4-8-18(9-5-2)13-7-10-19(16(20)17-13)14-12-23-15(22-14)11-21-6-3;1-4-7-10-21-11-15-22-14(12-23-15)19-9-8-13(17-16(19)20)18(5-2)6-3;1-4-7-9-18(5-2)13-8-10-19(16(20)17-13)14-12-23-15(22-14)11-21-6-3/h2*7-8,11-12,14-15H,6,9-10H2,1-5H3;7,9,12,14-15H,5-6,8,10-11H2,1-4H3;7,10,14-15H,4-6,8-9,11-12H2,1-3H3;8-9,14-15H,4-7,10-12H2,1-3H3;8,10,14-15H,4-7,9,11-12H2,1-3H3/t6*14-,15+/m111111/s1. The minimum Gasteiger partial charge on any atom is -0.378 e. The van der Waals surface area contributed by atoms with E-state index < -0.39 is 0 Å². The van der Waals surface area contributed by atoms with Gasteiger partial charge in [-0.05, 0) is 193 Å². The number of hydrogen-bond donors (Lipinski definition) is 0. The zero-order valence-corrected chi connectivity index (χ0v) is 91.1. The number of hydrogen-bond acceptors (Lipinski definition) is 36. The average molecular weight is 2050 g/mol. The summed E-state index contributed by atoms with van der Waals surface area (Å²) in [5.41, 5.74) is -1.65. The first kappa shape index (κ1) is 119. The second-order valence-corrected chi connectivity index (χ2v) is 41.4. The molecular weight excluding hydrogens is 1890 g/mol. The molecule has 0 amide bonds. The molecule has 0 saturated carbocycles. The van der Waals surface area contributed by atoms with Crippen LogP contribution in [0.5, 0.6) is 0 Å². The van der Waals surface area contributed by atoms with Crippen LogP contribution in [-0.4, -0.2) is 280 Å². The predicted molar refractivity (Wildman–Crippen MR) is 565 cm³/mol. The van der Waals surface area contributed by atoms with E-state index in [1.165, 1.54) is 0 Å². The van der Waals surface area contributed by atoms with Gasteiger partial charge in [0.1, 0.15) is 105 Å². The summed E-state index contributed by atoms with van der Waals surface area (Å²) in [7, 11) is 0. The second kappa shape index (κ2) is 64.4. The van der Waals surface area contributed by atoms with Crippen LogP contribution in [0.1, 0.15) is 242 Å². The Morgan fingerprint density at radius 2 is 0.565 bits per heavy atom. The van der Waals surface area contributed by atoms with Crippen molar-refractivity contribution in [3.63, 3.8) is 0 Å². The molecule has 6 fully saturated rings. The lowest BCUT2D eigenvalue weighted by Gasteiger charge is -2.31. The Morgan fingerprint density at radius 1 is 0.304 bits per heavy atom. The Bertz CT molecular complexity index is 4770. The summed E-state index contributed by atoms with van der Waals surface area (Å²) in [5, 5.41) is 0. The highest BCUT2D eigenvalue weighted by atomic mass is 32.2. The van der Waals surface area contributed by atoms with Crippen LogP contribution in [-0.2, 0) is 56.8 Å². The minimum absolute atomic E-state index is 0.00813. The van der Waals surface area contributed by atoms with E-state index in [0.29, 0.717) is 77.1 Å². The van der Waals surface area contributed by atoms with Crippen molar-refractivity contribution in [3.05, 3.63) is 136 Å². The number of anilines is 6. The molecule has 0 bridgehead atoms. The van der Waals surface area contributed by atoms with Gasteiger partial charge in [0.15, 0.2) is 0 Å². The fraction of sp³-hybridized carbons (Fsp3) is 0.750. The van der Waals surface area contributed by atoms with Crippen molar-refractivity contribution in [1.29, 1.82) is 0 Å². The van der Waals surface area contributed by atoms with Crippen molar-refractivity contribution < 1.29 is 56.8 Å². The summed E-state index contributed by atoms with van der Waals surface area (Å²) in [6.45, 7) is 61.4. The van der Waals surface area contributed by atoms with E-state index >= 15 is 0 Å². The molecule has 0 spiro atoms. The van der Waals surface area contributed by atoms with Crippen molar-refractivity contribution in [3.8, 4) is 0 Å².